The van der Waals surface area contributed by atoms with Crippen LogP contribution < -0.4 is 0 Å². The summed E-state index contributed by atoms with van der Waals surface area (Å²) in [4.78, 5) is 12.9. The van der Waals surface area contributed by atoms with E-state index in [0.717, 1.165) is 18.3 Å². The first-order valence-corrected chi connectivity index (χ1v) is 5.36. The molecular formula is C8H16BrNO2. The summed E-state index contributed by atoms with van der Waals surface area (Å²) in [7, 11) is 0. The second kappa shape index (κ2) is 7.40. The molecule has 0 aromatic heterocycles. The quantitative estimate of drug-likeness (QED) is 0.687. The van der Waals surface area contributed by atoms with E-state index in [4.69, 9.17) is 4.74 Å². The van der Waals surface area contributed by atoms with Crippen molar-refractivity contribution in [2.75, 3.05) is 25.0 Å². The number of hydrogen-bond acceptors (Lipinski definition) is 2. The molecule has 0 rings (SSSR count). The van der Waals surface area contributed by atoms with Gasteiger partial charge in [-0.15, -0.1) is 0 Å². The van der Waals surface area contributed by atoms with Gasteiger partial charge in [-0.1, -0.05) is 22.9 Å². The second-order valence-electron chi connectivity index (χ2n) is 2.37. The van der Waals surface area contributed by atoms with Crippen molar-refractivity contribution in [3.05, 3.63) is 0 Å². The average molecular weight is 238 g/mol. The largest absolute Gasteiger partial charge is 0.450 e. The third-order valence-electron chi connectivity index (χ3n) is 1.37. The van der Waals surface area contributed by atoms with Crippen molar-refractivity contribution in [2.24, 2.45) is 0 Å². The van der Waals surface area contributed by atoms with Crippen LogP contribution in [0.5, 0.6) is 0 Å². The van der Waals surface area contributed by atoms with Crippen molar-refractivity contribution in [1.82, 2.24) is 4.90 Å². The molecule has 0 fully saturated rings. The highest BCUT2D eigenvalue weighted by Crippen LogP contribution is 1.97. The molecule has 12 heavy (non-hydrogen) atoms. The van der Waals surface area contributed by atoms with E-state index in [0.29, 0.717) is 13.2 Å². The Labute approximate surface area is 82.2 Å². The lowest BCUT2D eigenvalue weighted by molar-refractivity contribution is 0.109. The van der Waals surface area contributed by atoms with E-state index in [2.05, 4.69) is 15.9 Å². The summed E-state index contributed by atoms with van der Waals surface area (Å²) in [6.45, 7) is 5.79. The van der Waals surface area contributed by atoms with E-state index < -0.39 is 0 Å². The SMILES string of the molecule is CCCN(CCBr)C(=O)OCC. The molecule has 1 amide bonds. The molecule has 0 bridgehead atoms. The minimum absolute atomic E-state index is 0.209. The average Bonchev–Trinajstić information content (AvgIpc) is 2.04. The topological polar surface area (TPSA) is 29.5 Å². The molecule has 0 spiro atoms. The van der Waals surface area contributed by atoms with Gasteiger partial charge in [0.15, 0.2) is 0 Å². The Bertz CT molecular complexity index is 124. The fourth-order valence-corrected chi connectivity index (χ4v) is 1.31. The van der Waals surface area contributed by atoms with Crippen LogP contribution in [-0.4, -0.2) is 36.0 Å². The molecule has 0 aromatic rings. The second-order valence-corrected chi connectivity index (χ2v) is 3.17. The predicted molar refractivity (Wildman–Crippen MR) is 52.7 cm³/mol. The molecule has 0 unspecified atom stereocenters. The summed E-state index contributed by atoms with van der Waals surface area (Å²) in [6.07, 6.45) is 0.755. The Morgan fingerprint density at radius 2 is 2.08 bits per heavy atom. The van der Waals surface area contributed by atoms with Crippen LogP contribution in [0, 0.1) is 0 Å². The third kappa shape index (κ3) is 4.59. The molecule has 4 heteroatoms. The number of carbonyl (C=O) groups is 1. The number of hydrogen-bond donors (Lipinski definition) is 0. The van der Waals surface area contributed by atoms with Crippen LogP contribution in [0.15, 0.2) is 0 Å². The monoisotopic (exact) mass is 237 g/mol. The van der Waals surface area contributed by atoms with Crippen LogP contribution in [-0.2, 0) is 4.74 Å². The normalized spacial score (nSPS) is 9.58. The number of nitrogens with zero attached hydrogens (tertiary/aromatic N) is 1. The Hall–Kier alpha value is -0.250. The maximum atomic E-state index is 11.2. The maximum absolute atomic E-state index is 11.2. The summed E-state index contributed by atoms with van der Waals surface area (Å²) in [5.41, 5.74) is 0. The van der Waals surface area contributed by atoms with Gasteiger partial charge in [0.05, 0.1) is 6.61 Å². The number of rotatable bonds is 5. The van der Waals surface area contributed by atoms with Gasteiger partial charge >= 0.3 is 6.09 Å². The van der Waals surface area contributed by atoms with Crippen LogP contribution >= 0.6 is 15.9 Å². The van der Waals surface area contributed by atoms with E-state index in [9.17, 15) is 4.79 Å². The molecule has 0 heterocycles. The Morgan fingerprint density at radius 3 is 2.50 bits per heavy atom. The van der Waals surface area contributed by atoms with Gasteiger partial charge in [-0.3, -0.25) is 0 Å². The molecule has 0 aliphatic carbocycles. The number of amides is 1. The zero-order chi connectivity index (χ0) is 9.40. The number of ether oxygens (including phenoxy) is 1. The van der Waals surface area contributed by atoms with E-state index in [1.807, 2.05) is 13.8 Å². The van der Waals surface area contributed by atoms with Crippen molar-refractivity contribution in [3.8, 4) is 0 Å². The highest BCUT2D eigenvalue weighted by molar-refractivity contribution is 9.09. The minimum Gasteiger partial charge on any atom is -0.450 e. The highest BCUT2D eigenvalue weighted by atomic mass is 79.9. The Kier molecular flexibility index (Phi) is 7.25. The smallest absolute Gasteiger partial charge is 0.409 e. The summed E-state index contributed by atoms with van der Waals surface area (Å²) < 4.78 is 4.88. The van der Waals surface area contributed by atoms with Gasteiger partial charge in [0, 0.05) is 18.4 Å². The summed E-state index contributed by atoms with van der Waals surface area (Å²) in [5.74, 6) is 0. The zero-order valence-corrected chi connectivity index (χ0v) is 9.26. The van der Waals surface area contributed by atoms with Crippen molar-refractivity contribution in [1.29, 1.82) is 0 Å². The first-order chi connectivity index (χ1) is 5.76. The standard InChI is InChI=1S/C8H16BrNO2/c1-3-6-10(7-5-9)8(11)12-4-2/h3-7H2,1-2H3. The van der Waals surface area contributed by atoms with Gasteiger partial charge in [-0.25, -0.2) is 4.79 Å². The third-order valence-corrected chi connectivity index (χ3v) is 1.73. The predicted octanol–water partition coefficient (Wildman–Crippen LogP) is 2.25. The number of carbonyl (C=O) groups excluding carboxylic acids is 1. The molecule has 3 nitrogen and oxygen atoms in total. The molecular weight excluding hydrogens is 222 g/mol. The lowest BCUT2D eigenvalue weighted by atomic mass is 10.4. The van der Waals surface area contributed by atoms with E-state index >= 15 is 0 Å². The first kappa shape index (κ1) is 11.8. The molecule has 0 saturated carbocycles. The lowest BCUT2D eigenvalue weighted by Crippen LogP contribution is -2.33. The summed E-state index contributed by atoms with van der Waals surface area (Å²) >= 11 is 3.29. The van der Waals surface area contributed by atoms with Crippen LogP contribution in [0.3, 0.4) is 0 Å². The van der Waals surface area contributed by atoms with E-state index in [1.54, 1.807) is 4.90 Å². The zero-order valence-electron chi connectivity index (χ0n) is 7.68. The fraction of sp³-hybridized carbons (Fsp3) is 0.875. The van der Waals surface area contributed by atoms with Crippen molar-refractivity contribution >= 4 is 22.0 Å². The van der Waals surface area contributed by atoms with Crippen molar-refractivity contribution in [2.45, 2.75) is 20.3 Å². The van der Waals surface area contributed by atoms with Crippen molar-refractivity contribution in [3.63, 3.8) is 0 Å². The lowest BCUT2D eigenvalue weighted by Gasteiger charge is -2.19. The molecule has 0 atom stereocenters. The molecule has 0 aliphatic heterocycles. The molecule has 0 aliphatic rings. The summed E-state index contributed by atoms with van der Waals surface area (Å²) in [6, 6.07) is 0. The fourth-order valence-electron chi connectivity index (χ4n) is 0.881. The molecule has 0 radical (unpaired) electrons. The van der Waals surface area contributed by atoms with Gasteiger partial charge in [0.1, 0.15) is 0 Å². The van der Waals surface area contributed by atoms with Gasteiger partial charge in [0.25, 0.3) is 0 Å². The van der Waals surface area contributed by atoms with E-state index in [1.165, 1.54) is 0 Å². The Morgan fingerprint density at radius 1 is 1.42 bits per heavy atom. The number of halogens is 1. The van der Waals surface area contributed by atoms with Crippen LogP contribution in [0.2, 0.25) is 0 Å². The van der Waals surface area contributed by atoms with Gasteiger partial charge in [-0.2, -0.15) is 0 Å². The molecule has 0 N–H and O–H groups in total. The number of alkyl halides is 1. The van der Waals surface area contributed by atoms with Gasteiger partial charge < -0.3 is 9.64 Å². The molecule has 0 aromatic carbocycles. The molecule has 72 valence electrons. The van der Waals surface area contributed by atoms with E-state index in [-0.39, 0.29) is 6.09 Å². The first-order valence-electron chi connectivity index (χ1n) is 4.23. The van der Waals surface area contributed by atoms with Crippen molar-refractivity contribution < 1.29 is 9.53 Å². The minimum atomic E-state index is -0.209. The van der Waals surface area contributed by atoms with Gasteiger partial charge in [-0.05, 0) is 13.3 Å². The molecule has 0 saturated heterocycles. The van der Waals surface area contributed by atoms with Crippen LogP contribution in [0.4, 0.5) is 4.79 Å². The maximum Gasteiger partial charge on any atom is 0.409 e. The Balaban J connectivity index is 3.81. The summed E-state index contributed by atoms with van der Waals surface area (Å²) in [5, 5.41) is 0.797. The van der Waals surface area contributed by atoms with Gasteiger partial charge in [0.2, 0.25) is 0 Å². The van der Waals surface area contributed by atoms with Crippen LogP contribution in [0.25, 0.3) is 0 Å². The highest BCUT2D eigenvalue weighted by Gasteiger charge is 2.11. The van der Waals surface area contributed by atoms with Crippen LogP contribution in [0.1, 0.15) is 20.3 Å².